The SMILES string of the molecule is CCc1nc2c(F)cc([N+](=O)[O-])cn2n1. The summed E-state index contributed by atoms with van der Waals surface area (Å²) in [6.45, 7) is 1.82. The van der Waals surface area contributed by atoms with Crippen molar-refractivity contribution in [3.05, 3.63) is 34.0 Å². The lowest BCUT2D eigenvalue weighted by molar-refractivity contribution is -0.385. The normalized spacial score (nSPS) is 10.8. The molecule has 0 N–H and O–H groups in total. The second-order valence-corrected chi connectivity index (χ2v) is 2.95. The van der Waals surface area contributed by atoms with Crippen LogP contribution in [-0.2, 0) is 6.42 Å². The topological polar surface area (TPSA) is 73.3 Å². The minimum absolute atomic E-state index is 0.0115. The van der Waals surface area contributed by atoms with Gasteiger partial charge < -0.3 is 0 Å². The van der Waals surface area contributed by atoms with Crippen molar-refractivity contribution in [2.75, 3.05) is 0 Å². The summed E-state index contributed by atoms with van der Waals surface area (Å²) in [7, 11) is 0. The van der Waals surface area contributed by atoms with Gasteiger partial charge in [0.25, 0.3) is 5.69 Å². The van der Waals surface area contributed by atoms with E-state index in [9.17, 15) is 14.5 Å². The Hall–Kier alpha value is -2.05. The lowest BCUT2D eigenvalue weighted by Crippen LogP contribution is -1.96. The number of fused-ring (bicyclic) bond motifs is 1. The summed E-state index contributed by atoms with van der Waals surface area (Å²) in [5.41, 5.74) is -0.329. The molecular weight excluding hydrogens is 203 g/mol. The number of hydrogen-bond donors (Lipinski definition) is 0. The monoisotopic (exact) mass is 210 g/mol. The van der Waals surface area contributed by atoms with E-state index in [1.165, 1.54) is 0 Å². The van der Waals surface area contributed by atoms with Crippen molar-refractivity contribution in [2.45, 2.75) is 13.3 Å². The summed E-state index contributed by atoms with van der Waals surface area (Å²) in [6, 6.07) is 0.837. The predicted molar refractivity (Wildman–Crippen MR) is 49.0 cm³/mol. The fraction of sp³-hybridized carbons (Fsp3) is 0.250. The van der Waals surface area contributed by atoms with Gasteiger partial charge in [0.2, 0.25) is 0 Å². The molecule has 2 aromatic rings. The van der Waals surface area contributed by atoms with Gasteiger partial charge in [0.15, 0.2) is 17.3 Å². The van der Waals surface area contributed by atoms with Gasteiger partial charge >= 0.3 is 0 Å². The fourth-order valence-corrected chi connectivity index (χ4v) is 1.23. The zero-order valence-electron chi connectivity index (χ0n) is 7.85. The first-order valence-corrected chi connectivity index (χ1v) is 4.31. The Labute approximate surface area is 83.5 Å². The van der Waals surface area contributed by atoms with E-state index in [1.54, 1.807) is 0 Å². The highest BCUT2D eigenvalue weighted by Gasteiger charge is 2.14. The molecule has 0 aliphatic heterocycles. The van der Waals surface area contributed by atoms with E-state index in [1.807, 2.05) is 6.92 Å². The Morgan fingerprint density at radius 3 is 3.00 bits per heavy atom. The molecule has 7 heteroatoms. The maximum atomic E-state index is 13.3. The standard InChI is InChI=1S/C8H7FN4O2/c1-2-7-10-8-6(9)3-5(13(14)15)4-12(8)11-7/h3-4H,2H2,1H3. The van der Waals surface area contributed by atoms with Crippen LogP contribution in [0.1, 0.15) is 12.7 Å². The molecule has 0 aliphatic carbocycles. The van der Waals surface area contributed by atoms with Crippen molar-refractivity contribution in [3.63, 3.8) is 0 Å². The zero-order valence-corrected chi connectivity index (χ0v) is 7.85. The Morgan fingerprint density at radius 1 is 1.67 bits per heavy atom. The molecule has 0 aliphatic rings. The Morgan fingerprint density at radius 2 is 2.40 bits per heavy atom. The number of nitro groups is 1. The molecule has 2 aromatic heterocycles. The van der Waals surface area contributed by atoms with Gasteiger partial charge in [-0.05, 0) is 0 Å². The van der Waals surface area contributed by atoms with Crippen LogP contribution in [0.5, 0.6) is 0 Å². The largest absolute Gasteiger partial charge is 0.290 e. The molecule has 0 bridgehead atoms. The average Bonchev–Trinajstić information content (AvgIpc) is 2.61. The van der Waals surface area contributed by atoms with E-state index in [-0.39, 0.29) is 11.3 Å². The first-order valence-electron chi connectivity index (χ1n) is 4.31. The summed E-state index contributed by atoms with van der Waals surface area (Å²) in [4.78, 5) is 13.7. The quantitative estimate of drug-likeness (QED) is 0.553. The predicted octanol–water partition coefficient (Wildman–Crippen LogP) is 1.34. The lowest BCUT2D eigenvalue weighted by Gasteiger charge is -1.93. The number of halogens is 1. The molecule has 0 spiro atoms. The van der Waals surface area contributed by atoms with Gasteiger partial charge in [-0.1, -0.05) is 6.92 Å². The molecule has 0 amide bonds. The van der Waals surface area contributed by atoms with E-state index in [0.717, 1.165) is 16.8 Å². The molecular formula is C8H7FN4O2. The maximum absolute atomic E-state index is 13.3. The molecule has 0 saturated carbocycles. The van der Waals surface area contributed by atoms with E-state index < -0.39 is 10.7 Å². The molecule has 0 saturated heterocycles. The van der Waals surface area contributed by atoms with Crippen LogP contribution >= 0.6 is 0 Å². The number of rotatable bonds is 2. The highest BCUT2D eigenvalue weighted by Crippen LogP contribution is 2.16. The van der Waals surface area contributed by atoms with Gasteiger partial charge in [0.05, 0.1) is 11.0 Å². The van der Waals surface area contributed by atoms with E-state index in [4.69, 9.17) is 0 Å². The summed E-state index contributed by atoms with van der Waals surface area (Å²) in [6.07, 6.45) is 1.69. The van der Waals surface area contributed by atoms with Crippen LogP contribution in [0, 0.1) is 15.9 Å². The van der Waals surface area contributed by atoms with Gasteiger partial charge in [-0.3, -0.25) is 10.1 Å². The van der Waals surface area contributed by atoms with E-state index in [0.29, 0.717) is 12.2 Å². The third kappa shape index (κ3) is 1.51. The molecule has 2 rings (SSSR count). The van der Waals surface area contributed by atoms with Gasteiger partial charge in [0, 0.05) is 6.42 Å². The van der Waals surface area contributed by atoms with Crippen molar-refractivity contribution < 1.29 is 9.31 Å². The smallest absolute Gasteiger partial charge is 0.258 e. The zero-order chi connectivity index (χ0) is 11.0. The maximum Gasteiger partial charge on any atom is 0.290 e. The van der Waals surface area contributed by atoms with Crippen molar-refractivity contribution in [1.82, 2.24) is 14.6 Å². The van der Waals surface area contributed by atoms with Gasteiger partial charge in [-0.15, -0.1) is 0 Å². The molecule has 0 aromatic carbocycles. The van der Waals surface area contributed by atoms with Crippen molar-refractivity contribution in [2.24, 2.45) is 0 Å². The molecule has 78 valence electrons. The van der Waals surface area contributed by atoms with Crippen LogP contribution < -0.4 is 0 Å². The average molecular weight is 210 g/mol. The third-order valence-electron chi connectivity index (χ3n) is 1.94. The molecule has 6 nitrogen and oxygen atoms in total. The minimum Gasteiger partial charge on any atom is -0.258 e. The summed E-state index contributed by atoms with van der Waals surface area (Å²) in [5.74, 6) is -0.286. The van der Waals surface area contributed by atoms with Crippen LogP contribution in [0.25, 0.3) is 5.65 Å². The van der Waals surface area contributed by atoms with Crippen molar-refractivity contribution in [3.8, 4) is 0 Å². The Kier molecular flexibility index (Phi) is 2.07. The van der Waals surface area contributed by atoms with Crippen LogP contribution in [0.15, 0.2) is 12.3 Å². The minimum atomic E-state index is -0.739. The molecule has 15 heavy (non-hydrogen) atoms. The number of nitrogens with zero attached hydrogens (tertiary/aromatic N) is 4. The highest BCUT2D eigenvalue weighted by molar-refractivity contribution is 5.44. The fourth-order valence-electron chi connectivity index (χ4n) is 1.23. The van der Waals surface area contributed by atoms with Crippen LogP contribution in [0.4, 0.5) is 10.1 Å². The third-order valence-corrected chi connectivity index (χ3v) is 1.94. The highest BCUT2D eigenvalue weighted by atomic mass is 19.1. The Balaban J connectivity index is 2.70. The van der Waals surface area contributed by atoms with E-state index >= 15 is 0 Å². The van der Waals surface area contributed by atoms with Crippen LogP contribution in [-0.4, -0.2) is 19.5 Å². The van der Waals surface area contributed by atoms with Crippen molar-refractivity contribution >= 4 is 11.3 Å². The van der Waals surface area contributed by atoms with Crippen molar-refractivity contribution in [1.29, 1.82) is 0 Å². The second-order valence-electron chi connectivity index (χ2n) is 2.95. The number of aromatic nitrogens is 3. The summed E-state index contributed by atoms with van der Waals surface area (Å²) in [5, 5.41) is 14.3. The van der Waals surface area contributed by atoms with E-state index in [2.05, 4.69) is 10.1 Å². The van der Waals surface area contributed by atoms with Crippen LogP contribution in [0.3, 0.4) is 0 Å². The second kappa shape index (κ2) is 3.26. The molecule has 0 fully saturated rings. The molecule has 0 unspecified atom stereocenters. The number of aryl methyl sites for hydroxylation is 1. The first kappa shape index (κ1) is 9.50. The molecule has 0 atom stereocenters. The molecule has 2 heterocycles. The van der Waals surface area contributed by atoms with Gasteiger partial charge in [-0.25, -0.2) is 13.9 Å². The lowest BCUT2D eigenvalue weighted by atomic mass is 10.4. The van der Waals surface area contributed by atoms with Gasteiger partial charge in [-0.2, -0.15) is 5.10 Å². The Bertz CT molecular complexity index is 537. The number of pyridine rings is 1. The molecule has 0 radical (unpaired) electrons. The summed E-state index contributed by atoms with van der Waals surface area (Å²) < 4.78 is 14.4. The van der Waals surface area contributed by atoms with Crippen LogP contribution in [0.2, 0.25) is 0 Å². The first-order chi connectivity index (χ1) is 7.11. The number of hydrogen-bond acceptors (Lipinski definition) is 4. The van der Waals surface area contributed by atoms with Gasteiger partial charge in [0.1, 0.15) is 6.20 Å². The summed E-state index contributed by atoms with van der Waals surface area (Å²) >= 11 is 0.